The van der Waals surface area contributed by atoms with Gasteiger partial charge in [0.1, 0.15) is 22.8 Å². The van der Waals surface area contributed by atoms with E-state index >= 15 is 0 Å². The van der Waals surface area contributed by atoms with Crippen molar-refractivity contribution < 1.29 is 28.8 Å². The number of phenols is 1. The first kappa shape index (κ1) is 17.3. The minimum Gasteiger partial charge on any atom is -0.507 e. The van der Waals surface area contributed by atoms with E-state index < -0.39 is 0 Å². The Bertz CT molecular complexity index is 484. The minimum atomic E-state index is -0.178. The van der Waals surface area contributed by atoms with Crippen LogP contribution in [0.15, 0.2) is 6.07 Å². The zero-order valence-corrected chi connectivity index (χ0v) is 12.9. The summed E-state index contributed by atoms with van der Waals surface area (Å²) in [7, 11) is 2.97. The molecule has 0 aliphatic rings. The van der Waals surface area contributed by atoms with Crippen LogP contribution in [0, 0.1) is 6.92 Å². The number of rotatable bonds is 9. The fraction of sp³-hybridized carbons (Fsp3) is 0.533. The van der Waals surface area contributed by atoms with Crippen LogP contribution in [0.4, 0.5) is 0 Å². The molecule has 0 saturated carbocycles. The third-order valence-corrected chi connectivity index (χ3v) is 2.89. The van der Waals surface area contributed by atoms with Gasteiger partial charge in [0.25, 0.3) is 0 Å². The van der Waals surface area contributed by atoms with E-state index in [0.29, 0.717) is 24.2 Å². The van der Waals surface area contributed by atoms with Gasteiger partial charge >= 0.3 is 0 Å². The van der Waals surface area contributed by atoms with Crippen LogP contribution >= 0.6 is 0 Å². The van der Waals surface area contributed by atoms with Gasteiger partial charge in [-0.15, -0.1) is 0 Å². The average Bonchev–Trinajstić information content (AvgIpc) is 2.47. The molecule has 0 radical (unpaired) electrons. The predicted molar refractivity (Wildman–Crippen MR) is 77.1 cm³/mol. The highest BCUT2D eigenvalue weighted by atomic mass is 16.7. The molecule has 6 nitrogen and oxygen atoms in total. The highest BCUT2D eigenvalue weighted by Crippen LogP contribution is 2.39. The molecule has 1 N–H and O–H groups in total. The van der Waals surface area contributed by atoms with Gasteiger partial charge in [0.2, 0.25) is 0 Å². The predicted octanol–water partition coefficient (Wildman–Crippen LogP) is 2.65. The lowest BCUT2D eigenvalue weighted by Crippen LogP contribution is -2.09. The van der Waals surface area contributed by atoms with Crippen molar-refractivity contribution in [3.05, 3.63) is 17.2 Å². The quantitative estimate of drug-likeness (QED) is 0.558. The number of carbonyl (C=O) groups excluding carboxylic acids is 1. The highest BCUT2D eigenvalue weighted by molar-refractivity contribution is 6.02. The van der Waals surface area contributed by atoms with Gasteiger partial charge in [-0.1, -0.05) is 6.92 Å². The van der Waals surface area contributed by atoms with E-state index in [1.807, 2.05) is 6.92 Å². The molecule has 0 aliphatic carbocycles. The standard InChI is InChI=1S/C15H22O6/c1-5-6-11(16)14-13(21-9-19-4)7-12(20-8-18-3)10(2)15(14)17/h7,17H,5-6,8-9H2,1-4H3. The Hall–Kier alpha value is -1.79. The number of hydrogen-bond acceptors (Lipinski definition) is 6. The molecule has 1 rings (SSSR count). The van der Waals surface area contributed by atoms with Gasteiger partial charge in [-0.05, 0) is 13.3 Å². The lowest BCUT2D eigenvalue weighted by molar-refractivity contribution is 0.0448. The van der Waals surface area contributed by atoms with Crippen molar-refractivity contribution in [3.8, 4) is 17.2 Å². The lowest BCUT2D eigenvalue weighted by atomic mass is 10.0. The third-order valence-electron chi connectivity index (χ3n) is 2.89. The van der Waals surface area contributed by atoms with E-state index in [1.54, 1.807) is 13.0 Å². The summed E-state index contributed by atoms with van der Waals surface area (Å²) in [5.41, 5.74) is 0.632. The summed E-state index contributed by atoms with van der Waals surface area (Å²) in [5.74, 6) is 0.327. The SMILES string of the molecule is CCCC(=O)c1c(OCOC)cc(OCOC)c(C)c1O. The third kappa shape index (κ3) is 4.34. The smallest absolute Gasteiger partial charge is 0.188 e. The van der Waals surface area contributed by atoms with E-state index in [0.717, 1.165) is 0 Å². The minimum absolute atomic E-state index is 0.0291. The Morgan fingerprint density at radius 1 is 1.14 bits per heavy atom. The Balaban J connectivity index is 3.25. The van der Waals surface area contributed by atoms with Crippen LogP contribution in [0.25, 0.3) is 0 Å². The molecular weight excluding hydrogens is 276 g/mol. The monoisotopic (exact) mass is 298 g/mol. The number of hydrogen-bond donors (Lipinski definition) is 1. The molecule has 1 aromatic carbocycles. The summed E-state index contributed by atoms with van der Waals surface area (Å²) in [6.45, 7) is 3.57. The van der Waals surface area contributed by atoms with Crippen molar-refractivity contribution >= 4 is 5.78 Å². The fourth-order valence-electron chi connectivity index (χ4n) is 1.85. The van der Waals surface area contributed by atoms with E-state index in [-0.39, 0.29) is 36.4 Å². The summed E-state index contributed by atoms with van der Waals surface area (Å²) in [4.78, 5) is 12.2. The van der Waals surface area contributed by atoms with Crippen molar-refractivity contribution in [2.75, 3.05) is 27.8 Å². The molecule has 6 heteroatoms. The summed E-state index contributed by atoms with van der Waals surface area (Å²) in [6.07, 6.45) is 1.01. The molecule has 0 aromatic heterocycles. The van der Waals surface area contributed by atoms with Crippen LogP contribution < -0.4 is 9.47 Å². The number of carbonyl (C=O) groups is 1. The van der Waals surface area contributed by atoms with Gasteiger partial charge in [0.05, 0.1) is 0 Å². The topological polar surface area (TPSA) is 74.2 Å². The number of aromatic hydroxyl groups is 1. The molecule has 0 atom stereocenters. The Labute approximate surface area is 124 Å². The second-order valence-electron chi connectivity index (χ2n) is 4.50. The Morgan fingerprint density at radius 2 is 1.71 bits per heavy atom. The average molecular weight is 298 g/mol. The fourth-order valence-corrected chi connectivity index (χ4v) is 1.85. The summed E-state index contributed by atoms with van der Waals surface area (Å²) >= 11 is 0. The summed E-state index contributed by atoms with van der Waals surface area (Å²) in [6, 6.07) is 1.57. The van der Waals surface area contributed by atoms with Gasteiger partial charge in [-0.25, -0.2) is 0 Å². The van der Waals surface area contributed by atoms with Crippen LogP contribution in [0.5, 0.6) is 17.2 Å². The van der Waals surface area contributed by atoms with Crippen molar-refractivity contribution in [1.29, 1.82) is 0 Å². The van der Waals surface area contributed by atoms with Crippen LogP contribution in [0.2, 0.25) is 0 Å². The van der Waals surface area contributed by atoms with E-state index in [4.69, 9.17) is 18.9 Å². The summed E-state index contributed by atoms with van der Waals surface area (Å²) < 4.78 is 20.4. The van der Waals surface area contributed by atoms with Gasteiger partial charge in [-0.3, -0.25) is 4.79 Å². The molecule has 0 aliphatic heterocycles. The molecule has 0 fully saturated rings. The first-order chi connectivity index (χ1) is 10.1. The first-order valence-electron chi connectivity index (χ1n) is 6.70. The van der Waals surface area contributed by atoms with E-state index in [9.17, 15) is 9.90 Å². The zero-order chi connectivity index (χ0) is 15.8. The molecule has 0 unspecified atom stereocenters. The molecule has 0 saturated heterocycles. The molecule has 1 aromatic rings. The van der Waals surface area contributed by atoms with Crippen molar-refractivity contribution in [3.63, 3.8) is 0 Å². The normalized spacial score (nSPS) is 10.5. The molecule has 0 bridgehead atoms. The van der Waals surface area contributed by atoms with Gasteiger partial charge < -0.3 is 24.1 Å². The van der Waals surface area contributed by atoms with Crippen molar-refractivity contribution in [2.24, 2.45) is 0 Å². The van der Waals surface area contributed by atoms with E-state index in [1.165, 1.54) is 14.2 Å². The number of Topliss-reactive ketones (excluding diaryl/α,β-unsaturated/α-hetero) is 1. The number of ketones is 1. The van der Waals surface area contributed by atoms with Crippen LogP contribution in [-0.2, 0) is 9.47 Å². The number of phenolic OH excluding ortho intramolecular Hbond substituents is 1. The largest absolute Gasteiger partial charge is 0.507 e. The molecule has 21 heavy (non-hydrogen) atoms. The lowest BCUT2D eigenvalue weighted by Gasteiger charge is -2.17. The zero-order valence-electron chi connectivity index (χ0n) is 12.9. The Kier molecular flexibility index (Phi) is 6.98. The molecule has 118 valence electrons. The van der Waals surface area contributed by atoms with Gasteiger partial charge in [-0.2, -0.15) is 0 Å². The van der Waals surface area contributed by atoms with Gasteiger partial charge in [0, 0.05) is 32.3 Å². The molecular formula is C15H22O6. The molecule has 0 amide bonds. The number of methoxy groups -OCH3 is 2. The maximum absolute atomic E-state index is 12.2. The molecule has 0 spiro atoms. The Morgan fingerprint density at radius 3 is 2.24 bits per heavy atom. The van der Waals surface area contributed by atoms with Crippen LogP contribution in [0.1, 0.15) is 35.7 Å². The number of benzene rings is 1. The van der Waals surface area contributed by atoms with Gasteiger partial charge in [0.15, 0.2) is 19.4 Å². The van der Waals surface area contributed by atoms with Crippen molar-refractivity contribution in [1.82, 2.24) is 0 Å². The first-order valence-corrected chi connectivity index (χ1v) is 6.70. The number of ether oxygens (including phenoxy) is 4. The highest BCUT2D eigenvalue weighted by Gasteiger charge is 2.22. The van der Waals surface area contributed by atoms with Crippen molar-refractivity contribution in [2.45, 2.75) is 26.7 Å². The van der Waals surface area contributed by atoms with Crippen LogP contribution in [0.3, 0.4) is 0 Å². The van der Waals surface area contributed by atoms with Crippen LogP contribution in [-0.4, -0.2) is 38.7 Å². The van der Waals surface area contributed by atoms with E-state index in [2.05, 4.69) is 0 Å². The molecule has 0 heterocycles. The second kappa shape index (κ2) is 8.49. The summed E-state index contributed by atoms with van der Waals surface area (Å²) in [5, 5.41) is 10.3. The maximum atomic E-state index is 12.2. The second-order valence-corrected chi connectivity index (χ2v) is 4.50. The maximum Gasteiger partial charge on any atom is 0.188 e.